The van der Waals surface area contributed by atoms with Crippen LogP contribution < -0.4 is 5.32 Å². The molecule has 6 nitrogen and oxygen atoms in total. The predicted molar refractivity (Wildman–Crippen MR) is 71.0 cm³/mol. The molecule has 0 saturated carbocycles. The van der Waals surface area contributed by atoms with Crippen LogP contribution in [0, 0.1) is 11.3 Å². The van der Waals surface area contributed by atoms with E-state index in [1.807, 2.05) is 6.07 Å². The first kappa shape index (κ1) is 13.9. The van der Waals surface area contributed by atoms with E-state index < -0.39 is 0 Å². The molecule has 1 saturated heterocycles. The van der Waals surface area contributed by atoms with E-state index in [4.69, 9.17) is 10.00 Å². The molecule has 20 heavy (non-hydrogen) atoms. The number of nitrogens with zero attached hydrogens (tertiary/aromatic N) is 2. The van der Waals surface area contributed by atoms with Gasteiger partial charge < -0.3 is 15.0 Å². The van der Waals surface area contributed by atoms with Gasteiger partial charge in [-0.1, -0.05) is 6.07 Å². The van der Waals surface area contributed by atoms with E-state index in [2.05, 4.69) is 5.32 Å². The maximum atomic E-state index is 11.9. The number of hydrogen-bond acceptors (Lipinski definition) is 4. The second-order valence-corrected chi connectivity index (χ2v) is 4.40. The van der Waals surface area contributed by atoms with Gasteiger partial charge in [0, 0.05) is 25.2 Å². The molecule has 2 amide bonds. The second-order valence-electron chi connectivity index (χ2n) is 4.40. The van der Waals surface area contributed by atoms with Gasteiger partial charge in [0.15, 0.2) is 0 Å². The minimum absolute atomic E-state index is 0.257. The van der Waals surface area contributed by atoms with Crippen LogP contribution in [0.1, 0.15) is 22.3 Å². The number of rotatable bonds is 4. The molecule has 1 N–H and O–H groups in total. The minimum Gasteiger partial charge on any atom is -0.449 e. The molecule has 1 aliphatic heterocycles. The monoisotopic (exact) mass is 273 g/mol. The summed E-state index contributed by atoms with van der Waals surface area (Å²) in [7, 11) is 0. The molecule has 1 aliphatic rings. The third-order valence-corrected chi connectivity index (χ3v) is 2.98. The molecule has 1 heterocycles. The molecule has 0 atom stereocenters. The van der Waals surface area contributed by atoms with E-state index in [0.717, 1.165) is 6.42 Å². The van der Waals surface area contributed by atoms with E-state index >= 15 is 0 Å². The van der Waals surface area contributed by atoms with Crippen molar-refractivity contribution < 1.29 is 14.3 Å². The van der Waals surface area contributed by atoms with Gasteiger partial charge in [0.25, 0.3) is 5.91 Å². The van der Waals surface area contributed by atoms with E-state index in [1.165, 1.54) is 6.07 Å². The molecular weight excluding hydrogens is 258 g/mol. The fourth-order valence-corrected chi connectivity index (χ4v) is 1.94. The second kappa shape index (κ2) is 6.57. The van der Waals surface area contributed by atoms with Crippen molar-refractivity contribution in [3.05, 3.63) is 35.4 Å². The number of carbonyl (C=O) groups excluding carboxylic acids is 2. The molecular formula is C14H15N3O3. The van der Waals surface area contributed by atoms with Crippen LogP contribution in [-0.2, 0) is 4.74 Å². The Hall–Kier alpha value is -2.55. The van der Waals surface area contributed by atoms with Gasteiger partial charge in [-0.15, -0.1) is 0 Å². The first-order valence-corrected chi connectivity index (χ1v) is 6.41. The summed E-state index contributed by atoms with van der Waals surface area (Å²) in [4.78, 5) is 24.8. The Morgan fingerprint density at radius 2 is 2.35 bits per heavy atom. The number of benzene rings is 1. The first-order chi connectivity index (χ1) is 9.70. The molecule has 0 spiro atoms. The Labute approximate surface area is 116 Å². The zero-order valence-corrected chi connectivity index (χ0v) is 11.0. The Balaban J connectivity index is 1.83. The lowest BCUT2D eigenvalue weighted by Gasteiger charge is -2.26. The zero-order chi connectivity index (χ0) is 14.4. The number of hydrogen-bond donors (Lipinski definition) is 1. The van der Waals surface area contributed by atoms with Gasteiger partial charge in [-0.2, -0.15) is 5.26 Å². The van der Waals surface area contributed by atoms with E-state index in [0.29, 0.717) is 37.4 Å². The van der Waals surface area contributed by atoms with Gasteiger partial charge in [0.1, 0.15) is 0 Å². The quantitative estimate of drug-likeness (QED) is 0.891. The number of amides is 2. The van der Waals surface area contributed by atoms with Gasteiger partial charge in [0.2, 0.25) is 0 Å². The van der Waals surface area contributed by atoms with Crippen molar-refractivity contribution in [1.82, 2.24) is 10.2 Å². The fraction of sp³-hybridized carbons (Fsp3) is 0.357. The highest BCUT2D eigenvalue weighted by molar-refractivity contribution is 5.94. The molecule has 1 aromatic rings. The summed E-state index contributed by atoms with van der Waals surface area (Å²) in [5.41, 5.74) is 0.877. The maximum absolute atomic E-state index is 11.9. The van der Waals surface area contributed by atoms with Crippen LogP contribution in [0.25, 0.3) is 0 Å². The number of ether oxygens (including phenoxy) is 1. The van der Waals surface area contributed by atoms with Gasteiger partial charge in [-0.25, -0.2) is 4.79 Å². The Morgan fingerprint density at radius 3 is 3.10 bits per heavy atom. The highest BCUT2D eigenvalue weighted by Gasteiger charge is 2.19. The van der Waals surface area contributed by atoms with Crippen LogP contribution in [-0.4, -0.2) is 43.1 Å². The minimum atomic E-state index is -0.336. The van der Waals surface area contributed by atoms with Crippen LogP contribution in [0.2, 0.25) is 0 Å². The molecule has 6 heteroatoms. The smallest absolute Gasteiger partial charge is 0.409 e. The van der Waals surface area contributed by atoms with Crippen molar-refractivity contribution in [3.63, 3.8) is 0 Å². The lowest BCUT2D eigenvalue weighted by molar-refractivity contribution is 0.0719. The van der Waals surface area contributed by atoms with Crippen LogP contribution in [0.5, 0.6) is 0 Å². The predicted octanol–water partition coefficient (Wildman–Crippen LogP) is 1.13. The van der Waals surface area contributed by atoms with Crippen molar-refractivity contribution in [3.8, 4) is 6.07 Å². The number of cyclic esters (lactones) is 1. The van der Waals surface area contributed by atoms with E-state index in [1.54, 1.807) is 23.1 Å². The number of nitrogens with one attached hydrogen (secondary N) is 1. The normalized spacial score (nSPS) is 14.3. The van der Waals surface area contributed by atoms with Crippen molar-refractivity contribution in [1.29, 1.82) is 5.26 Å². The lowest BCUT2D eigenvalue weighted by atomic mass is 10.1. The SMILES string of the molecule is N#Cc1cccc(C(=O)NCCN2CCCOC2=O)c1. The Morgan fingerprint density at radius 1 is 1.50 bits per heavy atom. The van der Waals surface area contributed by atoms with Crippen LogP contribution in [0.3, 0.4) is 0 Å². The highest BCUT2D eigenvalue weighted by Crippen LogP contribution is 2.05. The van der Waals surface area contributed by atoms with Crippen LogP contribution in [0.15, 0.2) is 24.3 Å². The zero-order valence-electron chi connectivity index (χ0n) is 11.0. The summed E-state index contributed by atoms with van der Waals surface area (Å²) in [5.74, 6) is -0.257. The van der Waals surface area contributed by atoms with Crippen molar-refractivity contribution in [2.24, 2.45) is 0 Å². The van der Waals surface area contributed by atoms with Gasteiger partial charge in [-0.3, -0.25) is 4.79 Å². The van der Waals surface area contributed by atoms with Crippen molar-refractivity contribution in [2.45, 2.75) is 6.42 Å². The topological polar surface area (TPSA) is 82.4 Å². The first-order valence-electron chi connectivity index (χ1n) is 6.41. The molecule has 1 fully saturated rings. The summed E-state index contributed by atoms with van der Waals surface area (Å²) in [5, 5.41) is 11.5. The van der Waals surface area contributed by atoms with Gasteiger partial charge in [-0.05, 0) is 24.6 Å². The van der Waals surface area contributed by atoms with Crippen LogP contribution in [0.4, 0.5) is 4.79 Å². The van der Waals surface area contributed by atoms with E-state index in [9.17, 15) is 9.59 Å². The molecule has 104 valence electrons. The Bertz CT molecular complexity index is 551. The van der Waals surface area contributed by atoms with Crippen molar-refractivity contribution >= 4 is 12.0 Å². The maximum Gasteiger partial charge on any atom is 0.409 e. The standard InChI is InChI=1S/C14H15N3O3/c15-10-11-3-1-4-12(9-11)13(18)16-5-7-17-6-2-8-20-14(17)19/h1,3-4,9H,2,5-8H2,(H,16,18). The number of nitriles is 1. The van der Waals surface area contributed by atoms with Crippen LogP contribution >= 0.6 is 0 Å². The summed E-state index contributed by atoms with van der Waals surface area (Å²) in [6, 6.07) is 8.46. The largest absolute Gasteiger partial charge is 0.449 e. The Kier molecular flexibility index (Phi) is 4.56. The average molecular weight is 273 g/mol. The molecule has 0 aliphatic carbocycles. The fourth-order valence-electron chi connectivity index (χ4n) is 1.94. The van der Waals surface area contributed by atoms with E-state index in [-0.39, 0.29) is 12.0 Å². The summed E-state index contributed by atoms with van der Waals surface area (Å²) in [6.07, 6.45) is 0.473. The molecule has 0 unspecified atom stereocenters. The molecule has 0 bridgehead atoms. The third kappa shape index (κ3) is 3.48. The lowest BCUT2D eigenvalue weighted by Crippen LogP contribution is -2.42. The molecule has 2 rings (SSSR count). The summed E-state index contributed by atoms with van der Waals surface area (Å²) < 4.78 is 4.90. The number of carbonyl (C=O) groups is 2. The highest BCUT2D eigenvalue weighted by atomic mass is 16.6. The summed E-state index contributed by atoms with van der Waals surface area (Å²) >= 11 is 0. The molecule has 0 radical (unpaired) electrons. The van der Waals surface area contributed by atoms with Gasteiger partial charge in [0.05, 0.1) is 18.2 Å². The molecule has 0 aromatic heterocycles. The van der Waals surface area contributed by atoms with Crippen molar-refractivity contribution in [2.75, 3.05) is 26.2 Å². The summed E-state index contributed by atoms with van der Waals surface area (Å²) in [6.45, 7) is 1.88. The average Bonchev–Trinajstić information content (AvgIpc) is 2.49. The molecule has 1 aromatic carbocycles. The van der Waals surface area contributed by atoms with Gasteiger partial charge >= 0.3 is 6.09 Å². The third-order valence-electron chi connectivity index (χ3n) is 2.98.